The molecule has 2 aromatic carbocycles. The van der Waals surface area contributed by atoms with E-state index in [1.165, 1.54) is 16.4 Å². The Labute approximate surface area is 140 Å². The van der Waals surface area contributed by atoms with Crippen molar-refractivity contribution in [3.63, 3.8) is 0 Å². The highest BCUT2D eigenvalue weighted by Crippen LogP contribution is 2.36. The number of phenolic OH excluding ortho intramolecular Hbond substituents is 1. The minimum Gasteiger partial charge on any atom is -0.505 e. The van der Waals surface area contributed by atoms with Gasteiger partial charge in [0, 0.05) is 11.6 Å². The van der Waals surface area contributed by atoms with Crippen molar-refractivity contribution in [2.45, 2.75) is 18.7 Å². The monoisotopic (exact) mass is 359 g/mol. The van der Waals surface area contributed by atoms with Crippen LogP contribution in [0, 0.1) is 6.92 Å². The average molecular weight is 360 g/mol. The summed E-state index contributed by atoms with van der Waals surface area (Å²) in [5.41, 5.74) is 1.44. The fourth-order valence-corrected chi connectivity index (χ4v) is 4.34. The van der Waals surface area contributed by atoms with Crippen molar-refractivity contribution in [1.29, 1.82) is 0 Å². The van der Waals surface area contributed by atoms with Gasteiger partial charge in [-0.2, -0.15) is 0 Å². The van der Waals surface area contributed by atoms with Crippen LogP contribution in [0.1, 0.15) is 12.5 Å². The van der Waals surface area contributed by atoms with Gasteiger partial charge in [-0.25, -0.2) is 8.42 Å². The summed E-state index contributed by atoms with van der Waals surface area (Å²) in [7, 11) is -3.98. The van der Waals surface area contributed by atoms with E-state index in [1.807, 2.05) is 13.0 Å². The molecule has 0 aromatic heterocycles. The Bertz CT molecular complexity index is 806. The summed E-state index contributed by atoms with van der Waals surface area (Å²) in [6.45, 7) is 3.79. The van der Waals surface area contributed by atoms with Crippen LogP contribution in [0.3, 0.4) is 0 Å². The number of halogens is 2. The molecule has 0 saturated heterocycles. The first-order valence-corrected chi connectivity index (χ1v) is 8.74. The highest BCUT2D eigenvalue weighted by Gasteiger charge is 2.28. The number of aryl methyl sites for hydroxylation is 1. The maximum atomic E-state index is 12.8. The van der Waals surface area contributed by atoms with Gasteiger partial charge in [-0.15, -0.1) is 0 Å². The molecule has 2 aromatic rings. The summed E-state index contributed by atoms with van der Waals surface area (Å²) in [5, 5.41) is 10.0. The number of aromatic hydroxyl groups is 1. The van der Waals surface area contributed by atoms with Gasteiger partial charge in [0.05, 0.1) is 10.7 Å². The molecule has 2 rings (SSSR count). The lowest BCUT2D eigenvalue weighted by atomic mass is 10.2. The van der Waals surface area contributed by atoms with E-state index in [1.54, 1.807) is 25.1 Å². The first kappa shape index (κ1) is 16.9. The van der Waals surface area contributed by atoms with Gasteiger partial charge in [-0.05, 0) is 43.7 Å². The van der Waals surface area contributed by atoms with E-state index in [-0.39, 0.29) is 21.5 Å². The summed E-state index contributed by atoms with van der Waals surface area (Å²) in [6.07, 6.45) is 0. The van der Waals surface area contributed by atoms with E-state index in [4.69, 9.17) is 23.2 Å². The van der Waals surface area contributed by atoms with Gasteiger partial charge in [0.2, 0.25) is 0 Å². The van der Waals surface area contributed by atoms with E-state index in [9.17, 15) is 13.5 Å². The van der Waals surface area contributed by atoms with Crippen molar-refractivity contribution in [2.75, 3.05) is 10.8 Å². The van der Waals surface area contributed by atoms with Crippen molar-refractivity contribution in [3.05, 3.63) is 52.0 Å². The lowest BCUT2D eigenvalue weighted by Crippen LogP contribution is -2.30. The van der Waals surface area contributed by atoms with Crippen LogP contribution in [0.15, 0.2) is 41.3 Å². The molecule has 0 aliphatic rings. The Balaban J connectivity index is 2.62. The third-order valence-corrected chi connectivity index (χ3v) is 5.56. The summed E-state index contributed by atoms with van der Waals surface area (Å²) < 4.78 is 26.9. The SMILES string of the molecule is CCN(c1cccc(C)c1)S(=O)(=O)c1cc(Cl)cc(Cl)c1O. The largest absolute Gasteiger partial charge is 0.505 e. The van der Waals surface area contributed by atoms with E-state index < -0.39 is 15.8 Å². The topological polar surface area (TPSA) is 57.6 Å². The molecule has 0 atom stereocenters. The van der Waals surface area contributed by atoms with Gasteiger partial charge in [0.25, 0.3) is 10.0 Å². The molecule has 22 heavy (non-hydrogen) atoms. The molecule has 0 radical (unpaired) electrons. The van der Waals surface area contributed by atoms with E-state index in [2.05, 4.69) is 0 Å². The van der Waals surface area contributed by atoms with Crippen LogP contribution in [0.25, 0.3) is 0 Å². The highest BCUT2D eigenvalue weighted by atomic mass is 35.5. The molecule has 0 saturated carbocycles. The van der Waals surface area contributed by atoms with Gasteiger partial charge in [0.15, 0.2) is 5.75 Å². The van der Waals surface area contributed by atoms with E-state index in [0.717, 1.165) is 5.56 Å². The van der Waals surface area contributed by atoms with Gasteiger partial charge in [-0.3, -0.25) is 4.31 Å². The number of sulfonamides is 1. The smallest absolute Gasteiger partial charge is 0.268 e. The third-order valence-electron chi connectivity index (χ3n) is 3.14. The van der Waals surface area contributed by atoms with Crippen LogP contribution in [0.4, 0.5) is 5.69 Å². The molecular formula is C15H15Cl2NO3S. The maximum absolute atomic E-state index is 12.8. The Hall–Kier alpha value is -1.43. The molecular weight excluding hydrogens is 345 g/mol. The van der Waals surface area contributed by atoms with Gasteiger partial charge in [0.1, 0.15) is 4.90 Å². The normalized spacial score (nSPS) is 11.5. The van der Waals surface area contributed by atoms with Crippen LogP contribution < -0.4 is 4.31 Å². The molecule has 0 bridgehead atoms. The molecule has 0 spiro atoms. The first-order chi connectivity index (χ1) is 10.3. The summed E-state index contributed by atoms with van der Waals surface area (Å²) in [6, 6.07) is 9.57. The number of hydrogen-bond donors (Lipinski definition) is 1. The minimum atomic E-state index is -3.98. The van der Waals surface area contributed by atoms with Gasteiger partial charge in [-0.1, -0.05) is 35.3 Å². The second-order valence-electron chi connectivity index (χ2n) is 4.74. The fourth-order valence-electron chi connectivity index (χ4n) is 2.13. The summed E-state index contributed by atoms with van der Waals surface area (Å²) >= 11 is 11.7. The molecule has 0 fully saturated rings. The maximum Gasteiger partial charge on any atom is 0.268 e. The Morgan fingerprint density at radius 1 is 1.18 bits per heavy atom. The number of anilines is 1. The second kappa shape index (κ2) is 6.36. The second-order valence-corrected chi connectivity index (χ2v) is 7.42. The van der Waals surface area contributed by atoms with Crippen LogP contribution in [-0.4, -0.2) is 20.1 Å². The molecule has 0 aliphatic heterocycles. The van der Waals surface area contributed by atoms with E-state index >= 15 is 0 Å². The average Bonchev–Trinajstić information content (AvgIpc) is 2.43. The van der Waals surface area contributed by atoms with Crippen molar-refractivity contribution < 1.29 is 13.5 Å². The van der Waals surface area contributed by atoms with Crippen LogP contribution >= 0.6 is 23.2 Å². The zero-order valence-electron chi connectivity index (χ0n) is 12.0. The number of rotatable bonds is 4. The predicted octanol–water partition coefficient (Wildman–Crippen LogP) is 4.22. The highest BCUT2D eigenvalue weighted by molar-refractivity contribution is 7.93. The zero-order chi connectivity index (χ0) is 16.5. The van der Waals surface area contributed by atoms with Crippen LogP contribution in [0.5, 0.6) is 5.75 Å². The number of nitrogens with zero attached hydrogens (tertiary/aromatic N) is 1. The van der Waals surface area contributed by atoms with Crippen molar-refractivity contribution >= 4 is 38.9 Å². The number of benzene rings is 2. The molecule has 4 nitrogen and oxygen atoms in total. The summed E-state index contributed by atoms with van der Waals surface area (Å²) in [4.78, 5) is -0.312. The molecule has 7 heteroatoms. The van der Waals surface area contributed by atoms with Crippen LogP contribution in [-0.2, 0) is 10.0 Å². The van der Waals surface area contributed by atoms with Crippen molar-refractivity contribution in [2.24, 2.45) is 0 Å². The van der Waals surface area contributed by atoms with Gasteiger partial charge < -0.3 is 5.11 Å². The quantitative estimate of drug-likeness (QED) is 0.888. The molecule has 0 unspecified atom stereocenters. The third kappa shape index (κ3) is 3.16. The number of phenols is 1. The molecule has 0 aliphatic carbocycles. The van der Waals surface area contributed by atoms with Crippen LogP contribution in [0.2, 0.25) is 10.0 Å². The lowest BCUT2D eigenvalue weighted by Gasteiger charge is -2.24. The lowest BCUT2D eigenvalue weighted by molar-refractivity contribution is 0.459. The molecule has 0 heterocycles. The zero-order valence-corrected chi connectivity index (χ0v) is 14.4. The Morgan fingerprint density at radius 2 is 1.86 bits per heavy atom. The van der Waals surface area contributed by atoms with Crippen molar-refractivity contribution in [3.8, 4) is 5.75 Å². The standard InChI is InChI=1S/C15H15Cl2NO3S/c1-3-18(12-6-4-5-10(2)7-12)22(20,21)14-9-11(16)8-13(17)15(14)19/h4-9,19H,3H2,1-2H3. The van der Waals surface area contributed by atoms with Crippen molar-refractivity contribution in [1.82, 2.24) is 0 Å². The van der Waals surface area contributed by atoms with Gasteiger partial charge >= 0.3 is 0 Å². The fraction of sp³-hybridized carbons (Fsp3) is 0.200. The molecule has 0 amide bonds. The summed E-state index contributed by atoms with van der Waals surface area (Å²) in [5.74, 6) is -0.503. The Kier molecular flexibility index (Phi) is 4.90. The Morgan fingerprint density at radius 3 is 2.45 bits per heavy atom. The van der Waals surface area contributed by atoms with E-state index in [0.29, 0.717) is 5.69 Å². The predicted molar refractivity (Wildman–Crippen MR) is 89.5 cm³/mol. The number of hydrogen-bond acceptors (Lipinski definition) is 3. The molecule has 1 N–H and O–H groups in total. The minimum absolute atomic E-state index is 0.105. The molecule has 118 valence electrons. The first-order valence-electron chi connectivity index (χ1n) is 6.54.